The number of aryl methyl sites for hydroxylation is 1. The summed E-state index contributed by atoms with van der Waals surface area (Å²) in [5, 5.41) is 3.06. The Labute approximate surface area is 117 Å². The van der Waals surface area contributed by atoms with Crippen molar-refractivity contribution in [3.8, 4) is 0 Å². The Morgan fingerprint density at radius 3 is 2.67 bits per heavy atom. The zero-order valence-corrected chi connectivity index (χ0v) is 13.1. The van der Waals surface area contributed by atoms with Gasteiger partial charge in [0.25, 0.3) is 0 Å². The maximum absolute atomic E-state index is 11.8. The lowest BCUT2D eigenvalue weighted by Gasteiger charge is -2.10. The number of nitrogens with zero attached hydrogens (tertiary/aromatic N) is 1. The molecule has 7 heteroatoms. The summed E-state index contributed by atoms with van der Waals surface area (Å²) >= 11 is 3.32. The average molecular weight is 336 g/mol. The van der Waals surface area contributed by atoms with E-state index in [1.165, 1.54) is 0 Å². The van der Waals surface area contributed by atoms with Crippen LogP contribution in [0.1, 0.15) is 19.4 Å². The summed E-state index contributed by atoms with van der Waals surface area (Å²) in [6.45, 7) is 6.24. The minimum Gasteiger partial charge on any atom is -0.313 e. The Morgan fingerprint density at radius 2 is 2.11 bits per heavy atom. The van der Waals surface area contributed by atoms with Gasteiger partial charge >= 0.3 is 0 Å². The first kappa shape index (κ1) is 15.4. The molecule has 1 heterocycles. The van der Waals surface area contributed by atoms with E-state index in [4.69, 9.17) is 0 Å². The first-order chi connectivity index (χ1) is 8.30. The minimum absolute atomic E-state index is 0.0297. The first-order valence-corrected chi connectivity index (χ1v) is 8.11. The van der Waals surface area contributed by atoms with E-state index in [2.05, 4.69) is 31.0 Å². The highest BCUT2D eigenvalue weighted by Gasteiger charge is 2.11. The summed E-state index contributed by atoms with van der Waals surface area (Å²) in [6, 6.07) is 1.96. The van der Waals surface area contributed by atoms with Crippen LogP contribution in [0.5, 0.6) is 0 Å². The molecule has 0 aliphatic heterocycles. The van der Waals surface area contributed by atoms with Gasteiger partial charge < -0.3 is 5.32 Å². The van der Waals surface area contributed by atoms with Gasteiger partial charge in [-0.05, 0) is 34.5 Å². The van der Waals surface area contributed by atoms with Crippen molar-refractivity contribution >= 4 is 31.8 Å². The fourth-order valence-corrected chi connectivity index (χ4v) is 2.42. The second-order valence-corrected chi connectivity index (χ2v) is 7.04. The number of nitrogens with one attached hydrogen (secondary N) is 2. The second kappa shape index (κ2) is 6.49. The zero-order chi connectivity index (χ0) is 13.8. The summed E-state index contributed by atoms with van der Waals surface area (Å²) in [5.41, 5.74) is 0.933. The molecule has 0 bridgehead atoms. The molecule has 1 aromatic rings. The van der Waals surface area contributed by atoms with Gasteiger partial charge in [0.1, 0.15) is 5.82 Å². The molecule has 0 radical (unpaired) electrons. The molecule has 1 rings (SSSR count). The van der Waals surface area contributed by atoms with Crippen LogP contribution in [0.2, 0.25) is 0 Å². The van der Waals surface area contributed by atoms with Crippen LogP contribution in [0.4, 0.5) is 5.82 Å². The van der Waals surface area contributed by atoms with E-state index >= 15 is 0 Å². The van der Waals surface area contributed by atoms with Gasteiger partial charge in [-0.15, -0.1) is 0 Å². The maximum Gasteiger partial charge on any atom is 0.235 e. The van der Waals surface area contributed by atoms with Gasteiger partial charge in [-0.25, -0.2) is 13.4 Å². The van der Waals surface area contributed by atoms with Gasteiger partial charge in [0.05, 0.1) is 5.75 Å². The first-order valence-electron chi connectivity index (χ1n) is 5.66. The van der Waals surface area contributed by atoms with Crippen LogP contribution in [0, 0.1) is 6.92 Å². The van der Waals surface area contributed by atoms with Gasteiger partial charge in [0, 0.05) is 23.3 Å². The number of sulfonamides is 1. The largest absolute Gasteiger partial charge is 0.313 e. The quantitative estimate of drug-likeness (QED) is 0.832. The molecule has 0 saturated heterocycles. The Kier molecular flexibility index (Phi) is 5.55. The normalized spacial score (nSPS) is 11.8. The van der Waals surface area contributed by atoms with Crippen LogP contribution < -0.4 is 10.0 Å². The predicted octanol–water partition coefficient (Wildman–Crippen LogP) is 1.89. The number of hydrogen-bond donors (Lipinski definition) is 2. The fourth-order valence-electron chi connectivity index (χ4n) is 1.29. The summed E-state index contributed by atoms with van der Waals surface area (Å²) in [7, 11) is -3.35. The molecule has 0 atom stereocenters. The van der Waals surface area contributed by atoms with Crippen molar-refractivity contribution in [1.82, 2.24) is 10.3 Å². The number of hydrogen-bond acceptors (Lipinski definition) is 4. The predicted molar refractivity (Wildman–Crippen MR) is 77.2 cm³/mol. The van der Waals surface area contributed by atoms with Crippen molar-refractivity contribution in [1.29, 1.82) is 0 Å². The molecule has 0 amide bonds. The minimum atomic E-state index is -3.35. The third-order valence-electron chi connectivity index (χ3n) is 2.23. The van der Waals surface area contributed by atoms with E-state index in [-0.39, 0.29) is 11.8 Å². The molecule has 0 aliphatic carbocycles. The van der Waals surface area contributed by atoms with Gasteiger partial charge in [-0.1, -0.05) is 13.8 Å². The molecule has 0 spiro atoms. The zero-order valence-electron chi connectivity index (χ0n) is 10.7. The lowest BCUT2D eigenvalue weighted by molar-refractivity contribution is 0.582. The SMILES string of the molecule is Cc1cc(NS(=O)(=O)CCNC(C)C)ncc1Br. The topological polar surface area (TPSA) is 71.1 Å². The molecule has 0 aliphatic rings. The van der Waals surface area contributed by atoms with E-state index in [9.17, 15) is 8.42 Å². The van der Waals surface area contributed by atoms with Crippen molar-refractivity contribution < 1.29 is 8.42 Å². The van der Waals surface area contributed by atoms with Crippen molar-refractivity contribution in [3.05, 3.63) is 22.3 Å². The van der Waals surface area contributed by atoms with E-state index in [0.29, 0.717) is 12.4 Å². The third kappa shape index (κ3) is 5.32. The highest BCUT2D eigenvalue weighted by molar-refractivity contribution is 9.10. The summed E-state index contributed by atoms with van der Waals surface area (Å²) in [4.78, 5) is 4.01. The Morgan fingerprint density at radius 1 is 1.44 bits per heavy atom. The summed E-state index contributed by atoms with van der Waals surface area (Å²) < 4.78 is 26.9. The van der Waals surface area contributed by atoms with Crippen LogP contribution >= 0.6 is 15.9 Å². The Bertz CT molecular complexity index is 503. The maximum atomic E-state index is 11.8. The van der Waals surface area contributed by atoms with E-state index < -0.39 is 10.0 Å². The van der Waals surface area contributed by atoms with Crippen molar-refractivity contribution in [3.63, 3.8) is 0 Å². The average Bonchev–Trinajstić information content (AvgIpc) is 2.22. The van der Waals surface area contributed by atoms with Gasteiger partial charge in [-0.3, -0.25) is 4.72 Å². The molecule has 0 saturated carbocycles. The number of halogens is 1. The molecule has 5 nitrogen and oxygen atoms in total. The van der Waals surface area contributed by atoms with E-state index in [0.717, 1.165) is 10.0 Å². The second-order valence-electron chi connectivity index (χ2n) is 4.35. The van der Waals surface area contributed by atoms with E-state index in [1.54, 1.807) is 12.3 Å². The number of pyridine rings is 1. The van der Waals surface area contributed by atoms with Crippen LogP contribution in [0.3, 0.4) is 0 Å². The number of aromatic nitrogens is 1. The highest BCUT2D eigenvalue weighted by atomic mass is 79.9. The van der Waals surface area contributed by atoms with Crippen molar-refractivity contribution in [2.24, 2.45) is 0 Å². The number of rotatable bonds is 6. The monoisotopic (exact) mass is 335 g/mol. The molecule has 0 unspecified atom stereocenters. The highest BCUT2D eigenvalue weighted by Crippen LogP contribution is 2.17. The van der Waals surface area contributed by atoms with Crippen molar-refractivity contribution in [2.45, 2.75) is 26.8 Å². The molecule has 0 aromatic carbocycles. The van der Waals surface area contributed by atoms with Crippen LogP contribution in [-0.2, 0) is 10.0 Å². The van der Waals surface area contributed by atoms with Crippen LogP contribution in [0.25, 0.3) is 0 Å². The van der Waals surface area contributed by atoms with Gasteiger partial charge in [0.15, 0.2) is 0 Å². The van der Waals surface area contributed by atoms with Crippen molar-refractivity contribution in [2.75, 3.05) is 17.0 Å². The number of anilines is 1. The Balaban J connectivity index is 2.62. The summed E-state index contributed by atoms with van der Waals surface area (Å²) in [6.07, 6.45) is 1.58. The lowest BCUT2D eigenvalue weighted by atomic mass is 10.3. The molecule has 18 heavy (non-hydrogen) atoms. The smallest absolute Gasteiger partial charge is 0.235 e. The van der Waals surface area contributed by atoms with Gasteiger partial charge in [-0.2, -0.15) is 0 Å². The molecular formula is C11H18BrN3O2S. The summed E-state index contributed by atoms with van der Waals surface area (Å²) in [5.74, 6) is 0.377. The van der Waals surface area contributed by atoms with Crippen LogP contribution in [-0.4, -0.2) is 31.7 Å². The standard InChI is InChI=1S/C11H18BrN3O2S/c1-8(2)13-4-5-18(16,17)15-11-6-9(3)10(12)7-14-11/h6-8,13H,4-5H2,1-3H3,(H,14,15). The van der Waals surface area contributed by atoms with Crippen LogP contribution in [0.15, 0.2) is 16.7 Å². The molecule has 102 valence electrons. The third-order valence-corrected chi connectivity index (χ3v) is 4.32. The Hall–Kier alpha value is -0.660. The van der Waals surface area contributed by atoms with Gasteiger partial charge in [0.2, 0.25) is 10.0 Å². The van der Waals surface area contributed by atoms with E-state index in [1.807, 2.05) is 20.8 Å². The molecular weight excluding hydrogens is 318 g/mol. The molecule has 0 fully saturated rings. The molecule has 2 N–H and O–H groups in total. The molecule has 1 aromatic heterocycles. The lowest BCUT2D eigenvalue weighted by Crippen LogP contribution is -2.31. The fraction of sp³-hybridized carbons (Fsp3) is 0.545.